The van der Waals surface area contributed by atoms with Crippen molar-refractivity contribution in [3.63, 3.8) is 0 Å². The first kappa shape index (κ1) is 14.4. The summed E-state index contributed by atoms with van der Waals surface area (Å²) in [7, 11) is -3.64. The lowest BCUT2D eigenvalue weighted by Crippen LogP contribution is -2.13. The van der Waals surface area contributed by atoms with E-state index in [1.165, 1.54) is 12.1 Å². The van der Waals surface area contributed by atoms with E-state index < -0.39 is 10.0 Å². The second kappa shape index (κ2) is 5.53. The Balaban J connectivity index is 2.39. The molecular weight excluding hydrogens is 350 g/mol. The first-order valence-corrected chi connectivity index (χ1v) is 8.08. The zero-order valence-corrected chi connectivity index (χ0v) is 13.2. The van der Waals surface area contributed by atoms with Crippen LogP contribution in [0.15, 0.2) is 51.8 Å². The molecule has 0 amide bonds. The highest BCUT2D eigenvalue weighted by molar-refractivity contribution is 9.10. The van der Waals surface area contributed by atoms with Crippen molar-refractivity contribution >= 4 is 43.2 Å². The lowest BCUT2D eigenvalue weighted by Gasteiger charge is -2.10. The number of aryl methyl sites for hydroxylation is 1. The molecule has 0 fully saturated rings. The Morgan fingerprint density at radius 1 is 1.16 bits per heavy atom. The molecule has 0 unspecified atom stereocenters. The lowest BCUT2D eigenvalue weighted by molar-refractivity contribution is 0.601. The lowest BCUT2D eigenvalue weighted by atomic mass is 10.2. The van der Waals surface area contributed by atoms with Gasteiger partial charge in [0, 0.05) is 9.50 Å². The Kier molecular flexibility index (Phi) is 4.18. The van der Waals surface area contributed by atoms with Crippen LogP contribution in [0.25, 0.3) is 0 Å². The van der Waals surface area contributed by atoms with Gasteiger partial charge in [-0.1, -0.05) is 23.7 Å². The van der Waals surface area contributed by atoms with Crippen LogP contribution in [-0.2, 0) is 10.0 Å². The molecule has 0 atom stereocenters. The summed E-state index contributed by atoms with van der Waals surface area (Å²) in [4.78, 5) is 0.133. The van der Waals surface area contributed by atoms with E-state index in [4.69, 9.17) is 11.6 Å². The predicted octanol–water partition coefficient (Wildman–Crippen LogP) is 4.21. The number of benzene rings is 2. The summed E-state index contributed by atoms with van der Waals surface area (Å²) >= 11 is 9.13. The number of sulfonamides is 1. The Morgan fingerprint density at radius 3 is 2.58 bits per heavy atom. The van der Waals surface area contributed by atoms with Crippen LogP contribution in [-0.4, -0.2) is 8.42 Å². The third-order valence-electron chi connectivity index (χ3n) is 2.47. The van der Waals surface area contributed by atoms with Gasteiger partial charge in [0.05, 0.1) is 10.6 Å². The molecule has 2 aromatic rings. The van der Waals surface area contributed by atoms with Crippen molar-refractivity contribution in [1.82, 2.24) is 0 Å². The van der Waals surface area contributed by atoms with Gasteiger partial charge in [0.1, 0.15) is 0 Å². The smallest absolute Gasteiger partial charge is 0.261 e. The third-order valence-corrected chi connectivity index (χ3v) is 4.76. The molecule has 1 N–H and O–H groups in total. The second-order valence-electron chi connectivity index (χ2n) is 4.05. The topological polar surface area (TPSA) is 46.2 Å². The van der Waals surface area contributed by atoms with Gasteiger partial charge in [0.2, 0.25) is 0 Å². The van der Waals surface area contributed by atoms with Crippen LogP contribution in [0.3, 0.4) is 0 Å². The fraction of sp³-hybridized carbons (Fsp3) is 0.0769. The highest BCUT2D eigenvalue weighted by Gasteiger charge is 2.15. The van der Waals surface area contributed by atoms with E-state index in [9.17, 15) is 8.42 Å². The van der Waals surface area contributed by atoms with E-state index in [0.717, 1.165) is 5.56 Å². The van der Waals surface area contributed by atoms with Gasteiger partial charge in [-0.05, 0) is 58.7 Å². The number of hydrogen-bond acceptors (Lipinski definition) is 2. The zero-order chi connectivity index (χ0) is 14.0. The summed E-state index contributed by atoms with van der Waals surface area (Å²) in [5, 5.41) is 0.381. The molecule has 100 valence electrons. The Labute approximate surface area is 125 Å². The maximum atomic E-state index is 12.2. The quantitative estimate of drug-likeness (QED) is 0.891. The van der Waals surface area contributed by atoms with Gasteiger partial charge < -0.3 is 0 Å². The molecule has 3 nitrogen and oxygen atoms in total. The van der Waals surface area contributed by atoms with Crippen molar-refractivity contribution in [3.8, 4) is 0 Å². The van der Waals surface area contributed by atoms with E-state index >= 15 is 0 Å². The van der Waals surface area contributed by atoms with E-state index in [-0.39, 0.29) is 4.90 Å². The molecule has 0 bridgehead atoms. The average molecular weight is 361 g/mol. The van der Waals surface area contributed by atoms with Crippen LogP contribution in [0, 0.1) is 6.92 Å². The molecule has 0 aliphatic carbocycles. The highest BCUT2D eigenvalue weighted by Crippen LogP contribution is 2.26. The molecule has 0 saturated carbocycles. The van der Waals surface area contributed by atoms with Crippen molar-refractivity contribution in [2.75, 3.05) is 4.72 Å². The molecule has 0 spiro atoms. The Bertz CT molecular complexity index is 716. The van der Waals surface area contributed by atoms with E-state index in [0.29, 0.717) is 15.2 Å². The van der Waals surface area contributed by atoms with Crippen molar-refractivity contribution in [3.05, 3.63) is 57.5 Å². The predicted molar refractivity (Wildman–Crippen MR) is 81.1 cm³/mol. The summed E-state index contributed by atoms with van der Waals surface area (Å²) < 4.78 is 27.7. The molecule has 2 aromatic carbocycles. The van der Waals surface area contributed by atoms with Gasteiger partial charge >= 0.3 is 0 Å². The average Bonchev–Trinajstić information content (AvgIpc) is 2.33. The van der Waals surface area contributed by atoms with E-state index in [1.54, 1.807) is 24.3 Å². The minimum absolute atomic E-state index is 0.133. The van der Waals surface area contributed by atoms with Gasteiger partial charge in [-0.2, -0.15) is 0 Å². The number of hydrogen-bond donors (Lipinski definition) is 1. The summed E-state index contributed by atoms with van der Waals surface area (Å²) in [6, 6.07) is 11.6. The highest BCUT2D eigenvalue weighted by atomic mass is 79.9. The standard InChI is InChI=1S/C13H11BrClNO2S/c1-9-5-6-12(14)13(7-9)16-19(17,18)11-4-2-3-10(15)8-11/h2-8,16H,1H3. The first-order chi connectivity index (χ1) is 8.88. The second-order valence-corrected chi connectivity index (χ2v) is 7.02. The fourth-order valence-electron chi connectivity index (χ4n) is 1.56. The maximum absolute atomic E-state index is 12.2. The van der Waals surface area contributed by atoms with Gasteiger partial charge in [0.25, 0.3) is 10.0 Å². The van der Waals surface area contributed by atoms with Crippen LogP contribution < -0.4 is 4.72 Å². The summed E-state index contributed by atoms with van der Waals surface area (Å²) in [6.45, 7) is 1.89. The Morgan fingerprint density at radius 2 is 1.89 bits per heavy atom. The third kappa shape index (κ3) is 3.49. The molecule has 0 heterocycles. The van der Waals surface area contributed by atoms with Crippen molar-refractivity contribution in [1.29, 1.82) is 0 Å². The first-order valence-electron chi connectivity index (χ1n) is 5.43. The molecule has 0 saturated heterocycles. The monoisotopic (exact) mass is 359 g/mol. The summed E-state index contributed by atoms with van der Waals surface area (Å²) in [5.74, 6) is 0. The Hall–Kier alpha value is -1.04. The maximum Gasteiger partial charge on any atom is 0.261 e. The summed E-state index contributed by atoms with van der Waals surface area (Å²) in [5.41, 5.74) is 1.46. The number of rotatable bonds is 3. The molecule has 0 aliphatic rings. The largest absolute Gasteiger partial charge is 0.278 e. The van der Waals surface area contributed by atoms with Crippen LogP contribution in [0.1, 0.15) is 5.56 Å². The molecule has 6 heteroatoms. The fourth-order valence-corrected chi connectivity index (χ4v) is 3.40. The molecule has 0 aliphatic heterocycles. The molecular formula is C13H11BrClNO2S. The minimum atomic E-state index is -3.64. The molecule has 19 heavy (non-hydrogen) atoms. The number of anilines is 1. The minimum Gasteiger partial charge on any atom is -0.278 e. The van der Waals surface area contributed by atoms with Crippen molar-refractivity contribution < 1.29 is 8.42 Å². The number of halogens is 2. The van der Waals surface area contributed by atoms with Gasteiger partial charge in [-0.3, -0.25) is 4.72 Å². The summed E-state index contributed by atoms with van der Waals surface area (Å²) in [6.07, 6.45) is 0. The van der Waals surface area contributed by atoms with Crippen molar-refractivity contribution in [2.45, 2.75) is 11.8 Å². The van der Waals surface area contributed by atoms with E-state index in [1.807, 2.05) is 13.0 Å². The van der Waals surface area contributed by atoms with E-state index in [2.05, 4.69) is 20.7 Å². The van der Waals surface area contributed by atoms with Crippen LogP contribution in [0.4, 0.5) is 5.69 Å². The molecule has 0 radical (unpaired) electrons. The molecule has 0 aromatic heterocycles. The van der Waals surface area contributed by atoms with Crippen LogP contribution in [0.2, 0.25) is 5.02 Å². The number of nitrogens with one attached hydrogen (secondary N) is 1. The van der Waals surface area contributed by atoms with Crippen LogP contribution >= 0.6 is 27.5 Å². The normalized spacial score (nSPS) is 11.3. The van der Waals surface area contributed by atoms with Gasteiger partial charge in [-0.25, -0.2) is 8.42 Å². The van der Waals surface area contributed by atoms with Gasteiger partial charge in [0.15, 0.2) is 0 Å². The zero-order valence-electron chi connectivity index (χ0n) is 10.0. The SMILES string of the molecule is Cc1ccc(Br)c(NS(=O)(=O)c2cccc(Cl)c2)c1. The van der Waals surface area contributed by atoms with Gasteiger partial charge in [-0.15, -0.1) is 0 Å². The molecule has 2 rings (SSSR count). The van der Waals surface area contributed by atoms with Crippen molar-refractivity contribution in [2.24, 2.45) is 0 Å². The van der Waals surface area contributed by atoms with Crippen LogP contribution in [0.5, 0.6) is 0 Å².